The van der Waals surface area contributed by atoms with Crippen LogP contribution in [0.5, 0.6) is 11.6 Å². The third-order valence-corrected chi connectivity index (χ3v) is 2.80. The summed E-state index contributed by atoms with van der Waals surface area (Å²) < 4.78 is 5.75. The number of rotatable bonds is 3. The van der Waals surface area contributed by atoms with Crippen molar-refractivity contribution in [2.75, 3.05) is 0 Å². The summed E-state index contributed by atoms with van der Waals surface area (Å²) >= 11 is 0. The molecule has 2 aromatic heterocycles. The minimum atomic E-state index is 0.277. The fourth-order valence-electron chi connectivity index (χ4n) is 1.79. The fraction of sp³-hybridized carbons (Fsp3) is 0.214. The summed E-state index contributed by atoms with van der Waals surface area (Å²) in [5.41, 5.74) is 0.940. The van der Waals surface area contributed by atoms with Gasteiger partial charge in [0.25, 0.3) is 0 Å². The molecule has 0 amide bonds. The number of nitrogens with one attached hydrogen (secondary N) is 1. The molecular weight excluding hydrogens is 240 g/mol. The largest absolute Gasteiger partial charge is 0.439 e. The normalized spacial score (nSPS) is 11.1. The van der Waals surface area contributed by atoms with Crippen LogP contribution in [0.4, 0.5) is 0 Å². The highest BCUT2D eigenvalue weighted by Crippen LogP contribution is 2.23. The van der Waals surface area contributed by atoms with Crippen molar-refractivity contribution in [2.45, 2.75) is 19.8 Å². The van der Waals surface area contributed by atoms with Crippen LogP contribution in [0.2, 0.25) is 0 Å². The van der Waals surface area contributed by atoms with E-state index in [9.17, 15) is 0 Å². The molecule has 0 unspecified atom stereocenters. The van der Waals surface area contributed by atoms with Gasteiger partial charge in [-0.2, -0.15) is 10.1 Å². The summed E-state index contributed by atoms with van der Waals surface area (Å²) in [5, 5.41) is 7.95. The van der Waals surface area contributed by atoms with E-state index in [0.717, 1.165) is 22.5 Å². The number of aromatic amines is 1. The maximum atomic E-state index is 5.75. The lowest BCUT2D eigenvalue weighted by Crippen LogP contribution is -1.98. The second kappa shape index (κ2) is 4.68. The minimum absolute atomic E-state index is 0.277. The second-order valence-corrected chi connectivity index (χ2v) is 4.63. The van der Waals surface area contributed by atoms with Gasteiger partial charge in [-0.25, -0.2) is 4.98 Å². The van der Waals surface area contributed by atoms with Crippen LogP contribution in [0.25, 0.3) is 10.9 Å². The average Bonchev–Trinajstić information content (AvgIpc) is 2.86. The molecule has 0 fully saturated rings. The van der Waals surface area contributed by atoms with E-state index >= 15 is 0 Å². The quantitative estimate of drug-likeness (QED) is 0.779. The Morgan fingerprint density at radius 3 is 2.95 bits per heavy atom. The van der Waals surface area contributed by atoms with Crippen molar-refractivity contribution in [3.63, 3.8) is 0 Å². The highest BCUT2D eigenvalue weighted by atomic mass is 16.5. The van der Waals surface area contributed by atoms with Gasteiger partial charge in [0.2, 0.25) is 5.88 Å². The number of nitrogens with zero attached hydrogens (tertiary/aromatic N) is 3. The van der Waals surface area contributed by atoms with Crippen LogP contribution in [0.1, 0.15) is 25.6 Å². The minimum Gasteiger partial charge on any atom is -0.439 e. The van der Waals surface area contributed by atoms with Gasteiger partial charge < -0.3 is 4.74 Å². The maximum absolute atomic E-state index is 5.75. The van der Waals surface area contributed by atoms with Gasteiger partial charge in [0, 0.05) is 29.6 Å². The molecule has 1 N–H and O–H groups in total. The molecule has 0 saturated heterocycles. The lowest BCUT2D eigenvalue weighted by atomic mass is 10.2. The third-order valence-electron chi connectivity index (χ3n) is 2.80. The zero-order valence-corrected chi connectivity index (χ0v) is 10.8. The Labute approximate surface area is 110 Å². The van der Waals surface area contributed by atoms with Crippen LogP contribution in [-0.2, 0) is 0 Å². The van der Waals surface area contributed by atoms with Gasteiger partial charge >= 0.3 is 0 Å². The Kier molecular flexibility index (Phi) is 2.87. The molecule has 0 bridgehead atoms. The summed E-state index contributed by atoms with van der Waals surface area (Å²) in [6.45, 7) is 4.10. The monoisotopic (exact) mass is 254 g/mol. The van der Waals surface area contributed by atoms with Gasteiger partial charge in [-0.15, -0.1) is 0 Å². The van der Waals surface area contributed by atoms with Crippen LogP contribution in [-0.4, -0.2) is 20.2 Å². The Morgan fingerprint density at radius 1 is 1.21 bits per heavy atom. The zero-order chi connectivity index (χ0) is 13.2. The number of hydrogen-bond donors (Lipinski definition) is 1. The molecule has 5 heteroatoms. The fourth-order valence-corrected chi connectivity index (χ4v) is 1.79. The summed E-state index contributed by atoms with van der Waals surface area (Å²) in [7, 11) is 0. The molecule has 0 radical (unpaired) electrons. The standard InChI is InChI=1S/C14H14N4O/c1-9(2)14-15-6-5-13(17-14)19-11-4-3-10-8-16-18-12(10)7-11/h3-9H,1-2H3,(H,16,18). The van der Waals surface area contributed by atoms with Crippen molar-refractivity contribution in [3.8, 4) is 11.6 Å². The van der Waals surface area contributed by atoms with Crippen molar-refractivity contribution in [1.82, 2.24) is 20.2 Å². The Balaban J connectivity index is 1.89. The number of ether oxygens (including phenoxy) is 1. The third kappa shape index (κ3) is 2.40. The highest BCUT2D eigenvalue weighted by Gasteiger charge is 2.06. The van der Waals surface area contributed by atoms with E-state index in [1.807, 2.05) is 18.2 Å². The first-order chi connectivity index (χ1) is 9.22. The van der Waals surface area contributed by atoms with Gasteiger partial charge in [0.05, 0.1) is 11.7 Å². The molecule has 1 aromatic carbocycles. The molecule has 96 valence electrons. The lowest BCUT2D eigenvalue weighted by molar-refractivity contribution is 0.457. The van der Waals surface area contributed by atoms with Gasteiger partial charge in [0.1, 0.15) is 11.6 Å². The molecule has 19 heavy (non-hydrogen) atoms. The summed E-state index contributed by atoms with van der Waals surface area (Å²) in [4.78, 5) is 8.59. The van der Waals surface area contributed by atoms with E-state index in [4.69, 9.17) is 4.74 Å². The number of fused-ring (bicyclic) bond motifs is 1. The van der Waals surface area contributed by atoms with Crippen LogP contribution < -0.4 is 4.74 Å². The Bertz CT molecular complexity index is 705. The molecule has 0 aliphatic carbocycles. The lowest BCUT2D eigenvalue weighted by Gasteiger charge is -2.07. The van der Waals surface area contributed by atoms with Crippen molar-refractivity contribution in [3.05, 3.63) is 42.5 Å². The number of aromatic nitrogens is 4. The number of hydrogen-bond acceptors (Lipinski definition) is 4. The van der Waals surface area contributed by atoms with Gasteiger partial charge in [-0.05, 0) is 12.1 Å². The van der Waals surface area contributed by atoms with Gasteiger partial charge in [-0.1, -0.05) is 13.8 Å². The van der Waals surface area contributed by atoms with Crippen LogP contribution in [0.15, 0.2) is 36.7 Å². The molecule has 0 saturated carbocycles. The second-order valence-electron chi connectivity index (χ2n) is 4.63. The maximum Gasteiger partial charge on any atom is 0.222 e. The summed E-state index contributed by atoms with van der Waals surface area (Å²) in [6.07, 6.45) is 3.49. The van der Waals surface area contributed by atoms with Crippen LogP contribution in [0, 0.1) is 0 Å². The molecule has 2 heterocycles. The molecule has 0 atom stereocenters. The average molecular weight is 254 g/mol. The number of H-pyrrole nitrogens is 1. The van der Waals surface area contributed by atoms with Crippen molar-refractivity contribution >= 4 is 10.9 Å². The Morgan fingerprint density at radius 2 is 2.11 bits per heavy atom. The zero-order valence-electron chi connectivity index (χ0n) is 10.8. The molecule has 3 rings (SSSR count). The number of benzene rings is 1. The summed E-state index contributed by atoms with van der Waals surface area (Å²) in [6, 6.07) is 7.51. The molecule has 0 aliphatic heterocycles. The van der Waals surface area contributed by atoms with Crippen molar-refractivity contribution in [2.24, 2.45) is 0 Å². The first-order valence-corrected chi connectivity index (χ1v) is 6.16. The molecule has 0 spiro atoms. The summed E-state index contributed by atoms with van der Waals surface area (Å²) in [5.74, 6) is 2.33. The van der Waals surface area contributed by atoms with Gasteiger partial charge in [0.15, 0.2) is 0 Å². The predicted octanol–water partition coefficient (Wildman–Crippen LogP) is 3.27. The molecule has 3 aromatic rings. The molecule has 0 aliphatic rings. The SMILES string of the molecule is CC(C)c1nccc(Oc2ccc3cn[nH]c3c2)n1. The van der Waals surface area contributed by atoms with Crippen molar-refractivity contribution < 1.29 is 4.74 Å². The first kappa shape index (κ1) is 11.6. The Hall–Kier alpha value is -2.43. The van der Waals surface area contributed by atoms with E-state index in [-0.39, 0.29) is 5.92 Å². The van der Waals surface area contributed by atoms with Gasteiger partial charge in [-0.3, -0.25) is 5.10 Å². The van der Waals surface area contributed by atoms with E-state index < -0.39 is 0 Å². The van der Waals surface area contributed by atoms with E-state index in [1.165, 1.54) is 0 Å². The molecule has 5 nitrogen and oxygen atoms in total. The molecular formula is C14H14N4O. The first-order valence-electron chi connectivity index (χ1n) is 6.16. The highest BCUT2D eigenvalue weighted by molar-refractivity contribution is 5.79. The van der Waals surface area contributed by atoms with Crippen LogP contribution in [0.3, 0.4) is 0 Å². The predicted molar refractivity (Wildman–Crippen MR) is 72.3 cm³/mol. The smallest absolute Gasteiger partial charge is 0.222 e. The van der Waals surface area contributed by atoms with Crippen LogP contribution >= 0.6 is 0 Å². The van der Waals surface area contributed by atoms with E-state index in [2.05, 4.69) is 34.0 Å². The van der Waals surface area contributed by atoms with Crippen molar-refractivity contribution in [1.29, 1.82) is 0 Å². The van der Waals surface area contributed by atoms with E-state index in [1.54, 1.807) is 18.5 Å². The van der Waals surface area contributed by atoms with E-state index in [0.29, 0.717) is 5.88 Å². The topological polar surface area (TPSA) is 63.7 Å².